The van der Waals surface area contributed by atoms with Crippen molar-refractivity contribution in [2.75, 3.05) is 53.4 Å². The maximum Gasteiger partial charge on any atom is 0.00220 e. The van der Waals surface area contributed by atoms with Crippen molar-refractivity contribution in [3.8, 4) is 0 Å². The molecule has 0 saturated carbocycles. The first kappa shape index (κ1) is 11.4. The van der Waals surface area contributed by atoms with E-state index >= 15 is 0 Å². The van der Waals surface area contributed by atoms with Crippen LogP contribution in [-0.2, 0) is 0 Å². The number of likely N-dealkylation sites (tertiary alicyclic amines) is 1. The van der Waals surface area contributed by atoms with Gasteiger partial charge in [-0.25, -0.2) is 0 Å². The molecule has 2 aliphatic rings. The van der Waals surface area contributed by atoms with Gasteiger partial charge in [0.2, 0.25) is 0 Å². The standard InChI is InChI=1S/C12H25N3/c1-14(2)4-3-5-15-9-11-6-12(10-15)8-13-7-11/h11-13H,3-10H2,1-2H3. The van der Waals surface area contributed by atoms with Crippen molar-refractivity contribution in [2.24, 2.45) is 11.8 Å². The van der Waals surface area contributed by atoms with E-state index in [0.717, 1.165) is 11.8 Å². The lowest BCUT2D eigenvalue weighted by Crippen LogP contribution is -2.51. The normalized spacial score (nSPS) is 32.2. The lowest BCUT2D eigenvalue weighted by molar-refractivity contribution is 0.0946. The lowest BCUT2D eigenvalue weighted by Gasteiger charge is -2.41. The molecule has 2 atom stereocenters. The molecule has 2 rings (SSSR count). The summed E-state index contributed by atoms with van der Waals surface area (Å²) in [6.45, 7) is 7.69. The molecule has 2 aliphatic heterocycles. The van der Waals surface area contributed by atoms with Gasteiger partial charge in [0.15, 0.2) is 0 Å². The number of piperidine rings is 2. The maximum absolute atomic E-state index is 3.55. The maximum atomic E-state index is 3.55. The third kappa shape index (κ3) is 3.44. The Bertz CT molecular complexity index is 181. The summed E-state index contributed by atoms with van der Waals surface area (Å²) in [7, 11) is 4.32. The first-order valence-corrected chi connectivity index (χ1v) is 6.32. The first-order chi connectivity index (χ1) is 7.24. The van der Waals surface area contributed by atoms with E-state index in [-0.39, 0.29) is 0 Å². The molecule has 2 saturated heterocycles. The van der Waals surface area contributed by atoms with Crippen LogP contribution >= 0.6 is 0 Å². The molecule has 2 unspecified atom stereocenters. The third-order valence-electron chi connectivity index (χ3n) is 3.65. The first-order valence-electron chi connectivity index (χ1n) is 6.32. The van der Waals surface area contributed by atoms with E-state index < -0.39 is 0 Å². The zero-order valence-corrected chi connectivity index (χ0v) is 10.2. The quantitative estimate of drug-likeness (QED) is 0.730. The Kier molecular flexibility index (Phi) is 4.00. The van der Waals surface area contributed by atoms with E-state index in [1.165, 1.54) is 52.1 Å². The minimum Gasteiger partial charge on any atom is -0.316 e. The predicted molar refractivity (Wildman–Crippen MR) is 64.1 cm³/mol. The van der Waals surface area contributed by atoms with Crippen LogP contribution in [0.1, 0.15) is 12.8 Å². The highest BCUT2D eigenvalue weighted by molar-refractivity contribution is 4.85. The van der Waals surface area contributed by atoms with Crippen LogP contribution in [0.5, 0.6) is 0 Å². The number of nitrogens with zero attached hydrogens (tertiary/aromatic N) is 2. The Morgan fingerprint density at radius 2 is 1.87 bits per heavy atom. The largest absolute Gasteiger partial charge is 0.316 e. The molecule has 3 nitrogen and oxygen atoms in total. The van der Waals surface area contributed by atoms with Gasteiger partial charge in [-0.1, -0.05) is 0 Å². The predicted octanol–water partition coefficient (Wildman–Crippen LogP) is 0.479. The van der Waals surface area contributed by atoms with Crippen molar-refractivity contribution in [2.45, 2.75) is 12.8 Å². The molecule has 0 aromatic carbocycles. The van der Waals surface area contributed by atoms with Crippen LogP contribution in [0.25, 0.3) is 0 Å². The van der Waals surface area contributed by atoms with Crippen molar-refractivity contribution in [1.29, 1.82) is 0 Å². The Morgan fingerprint density at radius 1 is 1.20 bits per heavy atom. The molecule has 0 radical (unpaired) electrons. The fraction of sp³-hybridized carbons (Fsp3) is 1.00. The molecule has 0 aromatic heterocycles. The van der Waals surface area contributed by atoms with Gasteiger partial charge in [0.1, 0.15) is 0 Å². The molecule has 0 amide bonds. The van der Waals surface area contributed by atoms with E-state index in [9.17, 15) is 0 Å². The summed E-state index contributed by atoms with van der Waals surface area (Å²) in [4.78, 5) is 4.97. The van der Waals surface area contributed by atoms with Gasteiger partial charge in [0, 0.05) is 13.1 Å². The second-order valence-electron chi connectivity index (χ2n) is 5.54. The molecule has 1 N–H and O–H groups in total. The molecule has 2 heterocycles. The summed E-state index contributed by atoms with van der Waals surface area (Å²) in [5, 5.41) is 3.55. The highest BCUT2D eigenvalue weighted by Gasteiger charge is 2.29. The van der Waals surface area contributed by atoms with Crippen LogP contribution in [-0.4, -0.2) is 63.2 Å². The van der Waals surface area contributed by atoms with E-state index in [4.69, 9.17) is 0 Å². The van der Waals surface area contributed by atoms with E-state index in [0.29, 0.717) is 0 Å². The van der Waals surface area contributed by atoms with Crippen molar-refractivity contribution in [1.82, 2.24) is 15.1 Å². The van der Waals surface area contributed by atoms with Crippen LogP contribution in [0, 0.1) is 11.8 Å². The fourth-order valence-electron chi connectivity index (χ4n) is 3.01. The molecule has 2 fully saturated rings. The zero-order chi connectivity index (χ0) is 10.7. The van der Waals surface area contributed by atoms with Gasteiger partial charge < -0.3 is 15.1 Å². The summed E-state index contributed by atoms with van der Waals surface area (Å²) < 4.78 is 0. The van der Waals surface area contributed by atoms with E-state index in [2.05, 4.69) is 29.2 Å². The summed E-state index contributed by atoms with van der Waals surface area (Å²) in [5.74, 6) is 1.86. The number of hydrogen-bond acceptors (Lipinski definition) is 3. The minimum atomic E-state index is 0.928. The van der Waals surface area contributed by atoms with Gasteiger partial charge in [-0.2, -0.15) is 0 Å². The molecule has 0 aliphatic carbocycles. The van der Waals surface area contributed by atoms with Crippen molar-refractivity contribution < 1.29 is 0 Å². The Hall–Kier alpha value is -0.120. The van der Waals surface area contributed by atoms with E-state index in [1.54, 1.807) is 0 Å². The zero-order valence-electron chi connectivity index (χ0n) is 10.2. The van der Waals surface area contributed by atoms with Gasteiger partial charge in [0.25, 0.3) is 0 Å². The summed E-state index contributed by atoms with van der Waals surface area (Å²) >= 11 is 0. The Labute approximate surface area is 93.8 Å². The van der Waals surface area contributed by atoms with E-state index in [1.807, 2.05) is 0 Å². The molecule has 88 valence electrons. The average Bonchev–Trinajstić information content (AvgIpc) is 2.16. The third-order valence-corrected chi connectivity index (χ3v) is 3.65. The molecule has 15 heavy (non-hydrogen) atoms. The number of rotatable bonds is 4. The fourth-order valence-corrected chi connectivity index (χ4v) is 3.01. The van der Waals surface area contributed by atoms with Gasteiger partial charge in [-0.15, -0.1) is 0 Å². The number of hydrogen-bond donors (Lipinski definition) is 1. The van der Waals surface area contributed by atoms with Crippen LogP contribution in [0.4, 0.5) is 0 Å². The molecule has 0 aromatic rings. The summed E-state index contributed by atoms with van der Waals surface area (Å²) in [6, 6.07) is 0. The van der Waals surface area contributed by atoms with Crippen molar-refractivity contribution in [3.63, 3.8) is 0 Å². The summed E-state index contributed by atoms with van der Waals surface area (Å²) in [6.07, 6.45) is 2.79. The molecular weight excluding hydrogens is 186 g/mol. The smallest absolute Gasteiger partial charge is 0.00220 e. The lowest BCUT2D eigenvalue weighted by atomic mass is 9.86. The highest BCUT2D eigenvalue weighted by atomic mass is 15.2. The Morgan fingerprint density at radius 3 is 2.47 bits per heavy atom. The van der Waals surface area contributed by atoms with Gasteiger partial charge in [0.05, 0.1) is 0 Å². The second-order valence-corrected chi connectivity index (χ2v) is 5.54. The number of fused-ring (bicyclic) bond motifs is 2. The molecule has 0 spiro atoms. The highest BCUT2D eigenvalue weighted by Crippen LogP contribution is 2.24. The molecule has 3 heteroatoms. The second kappa shape index (κ2) is 5.28. The number of nitrogens with one attached hydrogen (secondary N) is 1. The van der Waals surface area contributed by atoms with Gasteiger partial charge in [-0.3, -0.25) is 0 Å². The molecule has 2 bridgehead atoms. The van der Waals surface area contributed by atoms with Crippen LogP contribution in [0.2, 0.25) is 0 Å². The average molecular weight is 211 g/mol. The van der Waals surface area contributed by atoms with Crippen molar-refractivity contribution >= 4 is 0 Å². The summed E-state index contributed by atoms with van der Waals surface area (Å²) in [5.41, 5.74) is 0. The van der Waals surface area contributed by atoms with Crippen LogP contribution < -0.4 is 5.32 Å². The monoisotopic (exact) mass is 211 g/mol. The SMILES string of the molecule is CN(C)CCCN1CC2CNCC(C2)C1. The van der Waals surface area contributed by atoms with Gasteiger partial charge in [-0.05, 0) is 65.0 Å². The van der Waals surface area contributed by atoms with Crippen molar-refractivity contribution in [3.05, 3.63) is 0 Å². The Balaban J connectivity index is 1.69. The topological polar surface area (TPSA) is 18.5 Å². The minimum absolute atomic E-state index is 0.928. The van der Waals surface area contributed by atoms with Crippen LogP contribution in [0.3, 0.4) is 0 Å². The van der Waals surface area contributed by atoms with Crippen LogP contribution in [0.15, 0.2) is 0 Å². The molecular formula is C12H25N3. The van der Waals surface area contributed by atoms with Gasteiger partial charge >= 0.3 is 0 Å².